The SMILES string of the molecule is CC1CCC(C)C(N)(Cc2ccc(OC(F)(F)F)cc2)C1. The van der Waals surface area contributed by atoms with E-state index in [1.807, 2.05) is 0 Å². The average Bonchev–Trinajstić information content (AvgIpc) is 2.35. The lowest BCUT2D eigenvalue weighted by Crippen LogP contribution is -2.51. The Bertz CT molecular complexity index is 471. The minimum atomic E-state index is -4.65. The first-order valence-electron chi connectivity index (χ1n) is 7.31. The van der Waals surface area contributed by atoms with E-state index in [1.165, 1.54) is 18.6 Å². The maximum absolute atomic E-state index is 12.1. The lowest BCUT2D eigenvalue weighted by Gasteiger charge is -2.42. The van der Waals surface area contributed by atoms with E-state index in [-0.39, 0.29) is 11.3 Å². The molecule has 0 saturated heterocycles. The standard InChI is InChI=1S/C16H22F3NO/c1-11-3-4-12(2)15(20,9-11)10-13-5-7-14(8-6-13)21-16(17,18)19/h5-8,11-12H,3-4,9-10,20H2,1-2H3. The smallest absolute Gasteiger partial charge is 0.406 e. The van der Waals surface area contributed by atoms with Crippen molar-refractivity contribution in [2.45, 2.75) is 51.4 Å². The van der Waals surface area contributed by atoms with Gasteiger partial charge in [-0.15, -0.1) is 13.2 Å². The van der Waals surface area contributed by atoms with E-state index in [9.17, 15) is 13.2 Å². The Hall–Kier alpha value is -1.23. The minimum Gasteiger partial charge on any atom is -0.406 e. The number of ether oxygens (including phenoxy) is 1. The summed E-state index contributed by atoms with van der Waals surface area (Å²) in [5.74, 6) is 0.821. The molecule has 5 heteroatoms. The Morgan fingerprint density at radius 1 is 1.19 bits per heavy atom. The Balaban J connectivity index is 2.05. The summed E-state index contributed by atoms with van der Waals surface area (Å²) in [5, 5.41) is 0. The molecule has 21 heavy (non-hydrogen) atoms. The fraction of sp³-hybridized carbons (Fsp3) is 0.625. The summed E-state index contributed by atoms with van der Waals surface area (Å²) in [5.41, 5.74) is 7.23. The van der Waals surface area contributed by atoms with Crippen LogP contribution in [0.5, 0.6) is 5.75 Å². The highest BCUT2D eigenvalue weighted by molar-refractivity contribution is 5.29. The zero-order valence-electron chi connectivity index (χ0n) is 12.4. The summed E-state index contributed by atoms with van der Waals surface area (Å²) in [4.78, 5) is 0. The van der Waals surface area contributed by atoms with Crippen LogP contribution in [0.25, 0.3) is 0 Å². The molecule has 1 saturated carbocycles. The van der Waals surface area contributed by atoms with Gasteiger partial charge in [-0.2, -0.15) is 0 Å². The second-order valence-electron chi connectivity index (χ2n) is 6.39. The third kappa shape index (κ3) is 4.37. The molecule has 2 N–H and O–H groups in total. The first-order valence-corrected chi connectivity index (χ1v) is 7.31. The monoisotopic (exact) mass is 301 g/mol. The molecule has 0 radical (unpaired) electrons. The lowest BCUT2D eigenvalue weighted by atomic mass is 9.68. The largest absolute Gasteiger partial charge is 0.573 e. The van der Waals surface area contributed by atoms with E-state index in [0.717, 1.165) is 18.4 Å². The van der Waals surface area contributed by atoms with Gasteiger partial charge in [-0.05, 0) is 48.8 Å². The van der Waals surface area contributed by atoms with Crippen molar-refractivity contribution in [3.05, 3.63) is 29.8 Å². The fourth-order valence-corrected chi connectivity index (χ4v) is 3.21. The summed E-state index contributed by atoms with van der Waals surface area (Å²) in [6, 6.07) is 6.04. The van der Waals surface area contributed by atoms with Crippen LogP contribution in [0, 0.1) is 11.8 Å². The van der Waals surface area contributed by atoms with Gasteiger partial charge >= 0.3 is 6.36 Å². The van der Waals surface area contributed by atoms with Crippen molar-refractivity contribution < 1.29 is 17.9 Å². The van der Waals surface area contributed by atoms with Gasteiger partial charge < -0.3 is 10.5 Å². The molecule has 0 aliphatic heterocycles. The lowest BCUT2D eigenvalue weighted by molar-refractivity contribution is -0.274. The predicted molar refractivity (Wildman–Crippen MR) is 75.9 cm³/mol. The molecule has 2 nitrogen and oxygen atoms in total. The van der Waals surface area contributed by atoms with Crippen LogP contribution in [0.1, 0.15) is 38.7 Å². The fourth-order valence-electron chi connectivity index (χ4n) is 3.21. The van der Waals surface area contributed by atoms with Crippen molar-refractivity contribution in [1.82, 2.24) is 0 Å². The van der Waals surface area contributed by atoms with Crippen molar-refractivity contribution in [1.29, 1.82) is 0 Å². The molecule has 0 amide bonds. The van der Waals surface area contributed by atoms with E-state index >= 15 is 0 Å². The molecule has 1 fully saturated rings. The average molecular weight is 301 g/mol. The maximum Gasteiger partial charge on any atom is 0.573 e. The maximum atomic E-state index is 12.1. The van der Waals surface area contributed by atoms with Crippen LogP contribution >= 0.6 is 0 Å². The predicted octanol–water partition coefficient (Wildman–Crippen LogP) is 4.28. The first-order chi connectivity index (χ1) is 9.68. The molecule has 0 heterocycles. The summed E-state index contributed by atoms with van der Waals surface area (Å²) in [6.45, 7) is 4.36. The number of alkyl halides is 3. The second-order valence-corrected chi connectivity index (χ2v) is 6.39. The number of hydrogen-bond acceptors (Lipinski definition) is 2. The second kappa shape index (κ2) is 5.87. The summed E-state index contributed by atoms with van der Waals surface area (Å²) >= 11 is 0. The van der Waals surface area contributed by atoms with Crippen LogP contribution in [-0.2, 0) is 6.42 Å². The van der Waals surface area contributed by atoms with Gasteiger partial charge in [0, 0.05) is 5.54 Å². The highest BCUT2D eigenvalue weighted by Crippen LogP contribution is 2.37. The Kier molecular flexibility index (Phi) is 4.51. The Morgan fingerprint density at radius 2 is 1.81 bits per heavy atom. The molecule has 3 unspecified atom stereocenters. The molecule has 0 spiro atoms. The van der Waals surface area contributed by atoms with Gasteiger partial charge in [0.1, 0.15) is 5.75 Å². The van der Waals surface area contributed by atoms with E-state index in [1.54, 1.807) is 12.1 Å². The van der Waals surface area contributed by atoms with Crippen molar-refractivity contribution in [3.63, 3.8) is 0 Å². The van der Waals surface area contributed by atoms with Crippen LogP contribution in [0.2, 0.25) is 0 Å². The van der Waals surface area contributed by atoms with Crippen LogP contribution in [-0.4, -0.2) is 11.9 Å². The normalized spacial score (nSPS) is 30.2. The number of nitrogens with two attached hydrogens (primary N) is 1. The van der Waals surface area contributed by atoms with Crippen LogP contribution in [0.15, 0.2) is 24.3 Å². The van der Waals surface area contributed by atoms with E-state index in [0.29, 0.717) is 18.3 Å². The van der Waals surface area contributed by atoms with E-state index < -0.39 is 6.36 Å². The van der Waals surface area contributed by atoms with Gasteiger partial charge in [-0.3, -0.25) is 0 Å². The third-order valence-electron chi connectivity index (χ3n) is 4.49. The van der Waals surface area contributed by atoms with Gasteiger partial charge in [0.05, 0.1) is 0 Å². The molecule has 118 valence electrons. The zero-order valence-corrected chi connectivity index (χ0v) is 12.4. The number of hydrogen-bond donors (Lipinski definition) is 1. The van der Waals surface area contributed by atoms with Crippen LogP contribution in [0.4, 0.5) is 13.2 Å². The van der Waals surface area contributed by atoms with Gasteiger partial charge in [-0.25, -0.2) is 0 Å². The molecular weight excluding hydrogens is 279 g/mol. The zero-order chi connectivity index (χ0) is 15.7. The summed E-state index contributed by atoms with van der Waals surface area (Å²) in [7, 11) is 0. The van der Waals surface area contributed by atoms with Gasteiger partial charge in [0.25, 0.3) is 0 Å². The van der Waals surface area contributed by atoms with Crippen LogP contribution in [0.3, 0.4) is 0 Å². The molecule has 0 aromatic heterocycles. The summed E-state index contributed by atoms with van der Waals surface area (Å²) < 4.78 is 40.3. The van der Waals surface area contributed by atoms with Crippen molar-refractivity contribution in [2.24, 2.45) is 17.6 Å². The molecule has 1 aliphatic carbocycles. The first kappa shape index (κ1) is 16.1. The van der Waals surface area contributed by atoms with Gasteiger partial charge in [0.15, 0.2) is 0 Å². The number of halogens is 3. The third-order valence-corrected chi connectivity index (χ3v) is 4.49. The molecule has 1 aromatic carbocycles. The van der Waals surface area contributed by atoms with Crippen molar-refractivity contribution in [2.75, 3.05) is 0 Å². The van der Waals surface area contributed by atoms with E-state index in [2.05, 4.69) is 18.6 Å². The minimum absolute atomic E-state index is 0.192. The number of benzene rings is 1. The topological polar surface area (TPSA) is 35.2 Å². The van der Waals surface area contributed by atoms with Gasteiger partial charge in [0.2, 0.25) is 0 Å². The van der Waals surface area contributed by atoms with Crippen molar-refractivity contribution >= 4 is 0 Å². The van der Waals surface area contributed by atoms with Crippen LogP contribution < -0.4 is 10.5 Å². The number of rotatable bonds is 3. The highest BCUT2D eigenvalue weighted by atomic mass is 19.4. The molecule has 3 atom stereocenters. The Morgan fingerprint density at radius 3 is 2.38 bits per heavy atom. The van der Waals surface area contributed by atoms with E-state index in [4.69, 9.17) is 5.73 Å². The summed E-state index contributed by atoms with van der Waals surface area (Å²) in [6.07, 6.45) is -0.713. The van der Waals surface area contributed by atoms with Gasteiger partial charge in [-0.1, -0.05) is 32.4 Å². The highest BCUT2D eigenvalue weighted by Gasteiger charge is 2.37. The molecule has 1 aliphatic rings. The Labute approximate surface area is 123 Å². The quantitative estimate of drug-likeness (QED) is 0.904. The molecular formula is C16H22F3NO. The molecule has 1 aromatic rings. The molecule has 0 bridgehead atoms. The van der Waals surface area contributed by atoms with Crippen molar-refractivity contribution in [3.8, 4) is 5.75 Å². The molecule has 2 rings (SSSR count).